The largest absolute Gasteiger partial charge is 0.505 e. The summed E-state index contributed by atoms with van der Waals surface area (Å²) < 4.78 is 16.3. The predicted molar refractivity (Wildman–Crippen MR) is 126 cm³/mol. The van der Waals surface area contributed by atoms with Gasteiger partial charge in [-0.25, -0.2) is 4.79 Å². The van der Waals surface area contributed by atoms with Gasteiger partial charge in [-0.3, -0.25) is 4.79 Å². The van der Waals surface area contributed by atoms with Crippen molar-refractivity contribution in [3.05, 3.63) is 76.8 Å². The van der Waals surface area contributed by atoms with Gasteiger partial charge >= 0.3 is 11.9 Å². The number of esters is 2. The minimum atomic E-state index is -0.726. The average Bonchev–Trinajstić information content (AvgIpc) is 2.74. The summed E-state index contributed by atoms with van der Waals surface area (Å²) in [5, 5.41) is 10.4. The molecular weight excluding hydrogens is 444 g/mol. The van der Waals surface area contributed by atoms with Crippen LogP contribution >= 0.6 is 11.6 Å². The smallest absolute Gasteiger partial charge is 0.342 e. The molecule has 0 radical (unpaired) electrons. The number of phenolic OH excluding ortho intramolecular Hbond substituents is 1. The second-order valence-electron chi connectivity index (χ2n) is 8.36. The van der Waals surface area contributed by atoms with E-state index < -0.39 is 11.6 Å². The Labute approximate surface area is 197 Å². The van der Waals surface area contributed by atoms with Crippen molar-refractivity contribution >= 4 is 23.5 Å². The lowest BCUT2D eigenvalue weighted by Gasteiger charge is -2.21. The van der Waals surface area contributed by atoms with E-state index in [0.29, 0.717) is 17.1 Å². The maximum atomic E-state index is 12.6. The molecule has 3 aromatic carbocycles. The molecule has 0 saturated heterocycles. The second-order valence-corrected chi connectivity index (χ2v) is 8.77. The minimum absolute atomic E-state index is 0.0121. The van der Waals surface area contributed by atoms with Crippen LogP contribution in [0.3, 0.4) is 0 Å². The molecule has 3 rings (SSSR count). The Morgan fingerprint density at radius 3 is 1.94 bits per heavy atom. The number of rotatable bonds is 6. The number of hydrogen-bond acceptors (Lipinski definition) is 6. The minimum Gasteiger partial charge on any atom is -0.505 e. The highest BCUT2D eigenvalue weighted by atomic mass is 35.5. The van der Waals surface area contributed by atoms with Crippen LogP contribution < -0.4 is 9.47 Å². The van der Waals surface area contributed by atoms with Crippen LogP contribution in [0.1, 0.15) is 43.6 Å². The fraction of sp³-hybridized carbons (Fsp3) is 0.231. The van der Waals surface area contributed by atoms with Crippen LogP contribution in [0, 0.1) is 0 Å². The lowest BCUT2D eigenvalue weighted by atomic mass is 10.1. The number of carbonyl (C=O) groups is 2. The van der Waals surface area contributed by atoms with Crippen molar-refractivity contribution < 1.29 is 28.9 Å². The van der Waals surface area contributed by atoms with E-state index in [0.717, 1.165) is 11.1 Å². The summed E-state index contributed by atoms with van der Waals surface area (Å²) in [5.41, 5.74) is 1.62. The Bertz CT molecular complexity index is 1150. The number of aromatic hydroxyl groups is 1. The summed E-state index contributed by atoms with van der Waals surface area (Å²) in [6.45, 7) is 6.63. The highest BCUT2D eigenvalue weighted by Gasteiger charge is 2.25. The third kappa shape index (κ3) is 6.49. The molecule has 0 atom stereocenters. The Morgan fingerprint density at radius 1 is 0.879 bits per heavy atom. The number of phenols is 1. The Morgan fingerprint density at radius 2 is 1.42 bits per heavy atom. The molecule has 6 nitrogen and oxygen atoms in total. The van der Waals surface area contributed by atoms with Crippen molar-refractivity contribution in [3.8, 4) is 28.4 Å². The molecule has 0 saturated carbocycles. The third-order valence-electron chi connectivity index (χ3n) is 4.52. The van der Waals surface area contributed by atoms with Crippen molar-refractivity contribution in [3.63, 3.8) is 0 Å². The number of hydrogen-bond donors (Lipinski definition) is 1. The van der Waals surface area contributed by atoms with Crippen molar-refractivity contribution in [2.45, 2.75) is 39.9 Å². The fourth-order valence-electron chi connectivity index (χ4n) is 3.07. The molecule has 0 bridgehead atoms. The van der Waals surface area contributed by atoms with E-state index in [2.05, 4.69) is 0 Å². The zero-order chi connectivity index (χ0) is 24.2. The molecule has 0 heterocycles. The lowest BCUT2D eigenvalue weighted by molar-refractivity contribution is -0.131. The van der Waals surface area contributed by atoms with Crippen LogP contribution in [0.2, 0.25) is 5.02 Å². The Balaban J connectivity index is 1.73. The van der Waals surface area contributed by atoms with Crippen molar-refractivity contribution in [2.75, 3.05) is 0 Å². The van der Waals surface area contributed by atoms with Crippen molar-refractivity contribution in [2.24, 2.45) is 0 Å². The maximum Gasteiger partial charge on any atom is 0.342 e. The molecule has 1 N–H and O–H groups in total. The molecule has 0 fully saturated rings. The summed E-state index contributed by atoms with van der Waals surface area (Å²) in [5.74, 6) is -0.306. The SMILES string of the molecule is CC(=O)Oc1ccc(-c2ccc(OCc3ccc(Cl)c(O)c3C(=O)OC(C)(C)C)cc2)cc1. The van der Waals surface area contributed by atoms with Gasteiger partial charge in [-0.2, -0.15) is 0 Å². The number of benzene rings is 3. The van der Waals surface area contributed by atoms with Crippen LogP contribution in [0.4, 0.5) is 0 Å². The molecule has 0 amide bonds. The van der Waals surface area contributed by atoms with E-state index in [1.807, 2.05) is 24.3 Å². The zero-order valence-electron chi connectivity index (χ0n) is 18.8. The summed E-state index contributed by atoms with van der Waals surface area (Å²) in [6.07, 6.45) is 0. The Kier molecular flexibility index (Phi) is 7.29. The van der Waals surface area contributed by atoms with Crippen LogP contribution in [0.15, 0.2) is 60.7 Å². The van der Waals surface area contributed by atoms with Gasteiger partial charge < -0.3 is 19.3 Å². The normalized spacial score (nSPS) is 11.1. The van der Waals surface area contributed by atoms with Gasteiger partial charge in [0.15, 0.2) is 0 Å². The second kappa shape index (κ2) is 9.96. The molecule has 0 unspecified atom stereocenters. The molecule has 0 aliphatic heterocycles. The number of carbonyl (C=O) groups excluding carboxylic acids is 2. The molecular formula is C26H25ClO6. The molecule has 0 spiro atoms. The topological polar surface area (TPSA) is 82.1 Å². The molecule has 3 aromatic rings. The van der Waals surface area contributed by atoms with Crippen LogP contribution in [0.5, 0.6) is 17.2 Å². The van der Waals surface area contributed by atoms with Gasteiger partial charge in [0.1, 0.15) is 35.0 Å². The van der Waals surface area contributed by atoms with Gasteiger partial charge in [0.2, 0.25) is 0 Å². The molecule has 7 heteroatoms. The number of halogens is 1. The van der Waals surface area contributed by atoms with E-state index in [9.17, 15) is 14.7 Å². The predicted octanol–water partition coefficient (Wildman–Crippen LogP) is 6.17. The van der Waals surface area contributed by atoms with Crippen LogP contribution in [-0.4, -0.2) is 22.6 Å². The van der Waals surface area contributed by atoms with Gasteiger partial charge in [-0.15, -0.1) is 0 Å². The lowest BCUT2D eigenvalue weighted by Crippen LogP contribution is -2.25. The van der Waals surface area contributed by atoms with Gasteiger partial charge in [-0.1, -0.05) is 41.9 Å². The van der Waals surface area contributed by atoms with Gasteiger partial charge in [0.05, 0.1) is 5.02 Å². The summed E-state index contributed by atoms with van der Waals surface area (Å²) >= 11 is 6.01. The first kappa shape index (κ1) is 24.1. The molecule has 0 aliphatic rings. The van der Waals surface area contributed by atoms with E-state index in [1.54, 1.807) is 51.1 Å². The van der Waals surface area contributed by atoms with Crippen LogP contribution in [-0.2, 0) is 16.1 Å². The van der Waals surface area contributed by atoms with E-state index in [1.165, 1.54) is 13.0 Å². The first-order valence-electron chi connectivity index (χ1n) is 10.3. The molecule has 0 aromatic heterocycles. The first-order chi connectivity index (χ1) is 15.5. The standard InChI is InChI=1S/C26H25ClO6/c1-16(28)32-21-12-7-18(8-13-21)17-5-10-20(11-6-17)31-15-19-9-14-22(27)24(29)23(19)25(30)33-26(2,3)4/h5-14,29H,15H2,1-4H3. The fourth-order valence-corrected chi connectivity index (χ4v) is 3.23. The maximum absolute atomic E-state index is 12.6. The van der Waals surface area contributed by atoms with E-state index in [4.69, 9.17) is 25.8 Å². The summed E-state index contributed by atoms with van der Waals surface area (Å²) in [4.78, 5) is 23.7. The van der Waals surface area contributed by atoms with Crippen molar-refractivity contribution in [1.29, 1.82) is 0 Å². The van der Waals surface area contributed by atoms with Gasteiger partial charge in [0.25, 0.3) is 0 Å². The van der Waals surface area contributed by atoms with Crippen molar-refractivity contribution in [1.82, 2.24) is 0 Å². The molecule has 0 aliphatic carbocycles. The van der Waals surface area contributed by atoms with E-state index in [-0.39, 0.29) is 28.9 Å². The summed E-state index contributed by atoms with van der Waals surface area (Å²) in [6, 6.07) is 17.7. The van der Waals surface area contributed by atoms with Crippen LogP contribution in [0.25, 0.3) is 11.1 Å². The quantitative estimate of drug-likeness (QED) is 0.344. The highest BCUT2D eigenvalue weighted by molar-refractivity contribution is 6.32. The molecule has 172 valence electrons. The average molecular weight is 469 g/mol. The van der Waals surface area contributed by atoms with E-state index >= 15 is 0 Å². The zero-order valence-corrected chi connectivity index (χ0v) is 19.6. The first-order valence-corrected chi connectivity index (χ1v) is 10.7. The monoisotopic (exact) mass is 468 g/mol. The highest BCUT2D eigenvalue weighted by Crippen LogP contribution is 2.33. The van der Waals surface area contributed by atoms with Gasteiger partial charge in [-0.05, 0) is 62.2 Å². The summed E-state index contributed by atoms with van der Waals surface area (Å²) in [7, 11) is 0. The Hall–Kier alpha value is -3.51. The number of ether oxygens (including phenoxy) is 3. The van der Waals surface area contributed by atoms with Gasteiger partial charge in [0, 0.05) is 12.5 Å². The molecule has 33 heavy (non-hydrogen) atoms. The third-order valence-corrected chi connectivity index (χ3v) is 4.82.